The number of phenolic OH excluding ortho intramolecular Hbond substituents is 1. The van der Waals surface area contributed by atoms with E-state index >= 15 is 0 Å². The number of fused-ring (bicyclic) bond motifs is 1. The summed E-state index contributed by atoms with van der Waals surface area (Å²) < 4.78 is 36.4. The number of hydrogen-bond donors (Lipinski definition) is 2. The second kappa shape index (κ2) is 6.33. The molecule has 0 aliphatic rings. The molecule has 0 aliphatic carbocycles. The van der Waals surface area contributed by atoms with Gasteiger partial charge in [0, 0.05) is 12.5 Å². The summed E-state index contributed by atoms with van der Waals surface area (Å²) >= 11 is 0. The number of rotatable bonds is 3. The third-order valence-electron chi connectivity index (χ3n) is 3.01. The van der Waals surface area contributed by atoms with Gasteiger partial charge in [0.05, 0.1) is 0 Å². The highest BCUT2D eigenvalue weighted by molar-refractivity contribution is 5.85. The third-order valence-corrected chi connectivity index (χ3v) is 3.01. The Morgan fingerprint density at radius 1 is 1.05 bits per heavy atom. The Hall–Kier alpha value is -1.46. The van der Waals surface area contributed by atoms with Crippen LogP contribution in [0.5, 0.6) is 5.75 Å². The maximum atomic E-state index is 12.1. The summed E-state index contributed by atoms with van der Waals surface area (Å²) in [5.74, 6) is 0.154. The summed E-state index contributed by atoms with van der Waals surface area (Å²) in [7, 11) is 0. The molecule has 20 heavy (non-hydrogen) atoms. The van der Waals surface area contributed by atoms with E-state index in [-0.39, 0.29) is 24.6 Å². The minimum absolute atomic E-state index is 0. The van der Waals surface area contributed by atoms with Crippen LogP contribution in [0.15, 0.2) is 36.4 Å². The molecule has 0 aliphatic heterocycles. The standard InChI is InChI=1S/C14H14F3NO.ClH/c15-14(16,17)6-5-13(18)11-2-1-10-8-12(19)4-3-9(10)7-11;/h1-4,7-8,13,19H,5-6,18H2;1H/t13-;/m1./s1. The molecule has 1 atom stereocenters. The van der Waals surface area contributed by atoms with E-state index in [1.54, 1.807) is 30.3 Å². The molecular weight excluding hydrogens is 291 g/mol. The minimum atomic E-state index is -4.18. The van der Waals surface area contributed by atoms with E-state index in [2.05, 4.69) is 0 Å². The van der Waals surface area contributed by atoms with Crippen molar-refractivity contribution in [3.8, 4) is 5.75 Å². The highest BCUT2D eigenvalue weighted by Gasteiger charge is 2.27. The predicted octanol–water partition coefficient (Wildman–Crippen LogP) is 4.31. The summed E-state index contributed by atoms with van der Waals surface area (Å²) in [6.07, 6.45) is -5.20. The molecule has 0 saturated carbocycles. The zero-order chi connectivity index (χ0) is 14.0. The normalized spacial score (nSPS) is 13.0. The lowest BCUT2D eigenvalue weighted by Gasteiger charge is -2.14. The fraction of sp³-hybridized carbons (Fsp3) is 0.286. The van der Waals surface area contributed by atoms with Crippen LogP contribution < -0.4 is 5.73 Å². The van der Waals surface area contributed by atoms with Gasteiger partial charge in [-0.3, -0.25) is 0 Å². The molecule has 0 radical (unpaired) electrons. The molecule has 3 N–H and O–H groups in total. The van der Waals surface area contributed by atoms with E-state index in [1.807, 2.05) is 0 Å². The highest BCUT2D eigenvalue weighted by atomic mass is 35.5. The lowest BCUT2D eigenvalue weighted by molar-refractivity contribution is -0.136. The molecule has 6 heteroatoms. The number of phenols is 1. The number of aromatic hydroxyl groups is 1. The largest absolute Gasteiger partial charge is 0.508 e. The Morgan fingerprint density at radius 3 is 2.30 bits per heavy atom. The van der Waals surface area contributed by atoms with Crippen LogP contribution in [0.25, 0.3) is 10.8 Å². The van der Waals surface area contributed by atoms with Crippen molar-refractivity contribution in [2.45, 2.75) is 25.1 Å². The van der Waals surface area contributed by atoms with Crippen molar-refractivity contribution in [1.29, 1.82) is 0 Å². The SMILES string of the molecule is Cl.N[C@H](CCC(F)(F)F)c1ccc2cc(O)ccc2c1. The summed E-state index contributed by atoms with van der Waals surface area (Å²) in [6, 6.07) is 9.41. The zero-order valence-corrected chi connectivity index (χ0v) is 11.3. The van der Waals surface area contributed by atoms with Gasteiger partial charge < -0.3 is 10.8 Å². The van der Waals surface area contributed by atoms with Crippen molar-refractivity contribution in [3.05, 3.63) is 42.0 Å². The number of halogens is 4. The topological polar surface area (TPSA) is 46.2 Å². The van der Waals surface area contributed by atoms with Crippen LogP contribution in [0.3, 0.4) is 0 Å². The van der Waals surface area contributed by atoms with E-state index in [0.29, 0.717) is 5.56 Å². The average molecular weight is 306 g/mol. The van der Waals surface area contributed by atoms with Crippen LogP contribution in [0, 0.1) is 0 Å². The molecule has 0 fully saturated rings. The summed E-state index contributed by atoms with van der Waals surface area (Å²) in [6.45, 7) is 0. The van der Waals surface area contributed by atoms with Gasteiger partial charge in [-0.15, -0.1) is 12.4 Å². The average Bonchev–Trinajstić information content (AvgIpc) is 2.34. The summed E-state index contributed by atoms with van der Waals surface area (Å²) in [5, 5.41) is 11.0. The van der Waals surface area contributed by atoms with Crippen molar-refractivity contribution in [3.63, 3.8) is 0 Å². The van der Waals surface area contributed by atoms with Crippen molar-refractivity contribution in [2.24, 2.45) is 5.73 Å². The first kappa shape index (κ1) is 16.6. The third kappa shape index (κ3) is 4.28. The van der Waals surface area contributed by atoms with Gasteiger partial charge in [0.2, 0.25) is 0 Å². The van der Waals surface area contributed by atoms with Gasteiger partial charge in [-0.1, -0.05) is 18.2 Å². The number of alkyl halides is 3. The zero-order valence-electron chi connectivity index (χ0n) is 10.5. The maximum absolute atomic E-state index is 12.1. The first-order valence-corrected chi connectivity index (χ1v) is 5.90. The van der Waals surface area contributed by atoms with Gasteiger partial charge in [0.15, 0.2) is 0 Å². The first-order chi connectivity index (χ1) is 8.85. The van der Waals surface area contributed by atoms with Gasteiger partial charge in [-0.2, -0.15) is 13.2 Å². The number of hydrogen-bond acceptors (Lipinski definition) is 2. The Balaban J connectivity index is 0.00000200. The molecule has 2 aromatic carbocycles. The fourth-order valence-corrected chi connectivity index (χ4v) is 1.97. The molecule has 2 rings (SSSR count). The molecule has 2 aromatic rings. The molecule has 0 unspecified atom stereocenters. The lowest BCUT2D eigenvalue weighted by Crippen LogP contribution is -2.15. The second-order valence-corrected chi connectivity index (χ2v) is 4.55. The predicted molar refractivity (Wildman–Crippen MR) is 75.1 cm³/mol. The van der Waals surface area contributed by atoms with E-state index in [0.717, 1.165) is 10.8 Å². The van der Waals surface area contributed by atoms with Crippen LogP contribution in [-0.2, 0) is 0 Å². The monoisotopic (exact) mass is 305 g/mol. The van der Waals surface area contributed by atoms with Crippen LogP contribution in [0.1, 0.15) is 24.4 Å². The van der Waals surface area contributed by atoms with Crippen molar-refractivity contribution >= 4 is 23.2 Å². The van der Waals surface area contributed by atoms with Crippen molar-refractivity contribution in [1.82, 2.24) is 0 Å². The molecule has 0 amide bonds. The van der Waals surface area contributed by atoms with Gasteiger partial charge in [0.25, 0.3) is 0 Å². The van der Waals surface area contributed by atoms with E-state index in [9.17, 15) is 18.3 Å². The second-order valence-electron chi connectivity index (χ2n) is 4.55. The lowest BCUT2D eigenvalue weighted by atomic mass is 9.99. The van der Waals surface area contributed by atoms with Gasteiger partial charge in [-0.05, 0) is 41.0 Å². The molecule has 110 valence electrons. The molecule has 0 heterocycles. The minimum Gasteiger partial charge on any atom is -0.508 e. The van der Waals surface area contributed by atoms with E-state index in [1.165, 1.54) is 6.07 Å². The quantitative estimate of drug-likeness (QED) is 0.887. The first-order valence-electron chi connectivity index (χ1n) is 5.90. The molecule has 0 aromatic heterocycles. The smallest absolute Gasteiger partial charge is 0.389 e. The van der Waals surface area contributed by atoms with Crippen LogP contribution in [0.4, 0.5) is 13.2 Å². The van der Waals surface area contributed by atoms with Crippen molar-refractivity contribution < 1.29 is 18.3 Å². The number of nitrogens with two attached hydrogens (primary N) is 1. The molecule has 2 nitrogen and oxygen atoms in total. The Labute approximate surface area is 120 Å². The van der Waals surface area contributed by atoms with Gasteiger partial charge >= 0.3 is 6.18 Å². The van der Waals surface area contributed by atoms with Crippen LogP contribution >= 0.6 is 12.4 Å². The molecule has 0 bridgehead atoms. The summed E-state index contributed by atoms with van der Waals surface area (Å²) in [4.78, 5) is 0. The van der Waals surface area contributed by atoms with E-state index in [4.69, 9.17) is 5.73 Å². The van der Waals surface area contributed by atoms with Crippen LogP contribution in [-0.4, -0.2) is 11.3 Å². The Kier molecular flexibility index (Phi) is 5.25. The molecular formula is C14H15ClF3NO. The number of benzene rings is 2. The molecule has 0 saturated heterocycles. The Morgan fingerprint density at radius 2 is 1.65 bits per heavy atom. The maximum Gasteiger partial charge on any atom is 0.389 e. The Bertz CT molecular complexity index is 586. The molecule has 0 spiro atoms. The van der Waals surface area contributed by atoms with Gasteiger partial charge in [0.1, 0.15) is 5.75 Å². The van der Waals surface area contributed by atoms with Crippen LogP contribution in [0.2, 0.25) is 0 Å². The highest BCUT2D eigenvalue weighted by Crippen LogP contribution is 2.28. The fourth-order valence-electron chi connectivity index (χ4n) is 1.97. The van der Waals surface area contributed by atoms with Crippen molar-refractivity contribution in [2.75, 3.05) is 0 Å². The van der Waals surface area contributed by atoms with Gasteiger partial charge in [-0.25, -0.2) is 0 Å². The van der Waals surface area contributed by atoms with E-state index < -0.39 is 18.6 Å². The summed E-state index contributed by atoms with van der Waals surface area (Å²) in [5.41, 5.74) is 6.44.